The molecule has 0 bridgehead atoms. The van der Waals surface area contributed by atoms with Gasteiger partial charge in [-0.3, -0.25) is 0 Å². The van der Waals surface area contributed by atoms with E-state index in [0.717, 1.165) is 13.1 Å². The molecule has 1 heterocycles. The Morgan fingerprint density at radius 3 is 1.47 bits per heavy atom. The van der Waals surface area contributed by atoms with Gasteiger partial charge in [-0.05, 0) is 144 Å². The van der Waals surface area contributed by atoms with E-state index in [1.807, 2.05) is 0 Å². The molecule has 240 valence electrons. The summed E-state index contributed by atoms with van der Waals surface area (Å²) in [4.78, 5) is 0. The lowest BCUT2D eigenvalue weighted by Crippen LogP contribution is -2.39. The second kappa shape index (κ2) is 11.3. The number of rotatable bonds is 0. The normalized spacial score (nSPS) is 17.1. The third kappa shape index (κ3) is 4.71. The highest BCUT2D eigenvalue weighted by molar-refractivity contribution is 5.96. The van der Waals surface area contributed by atoms with Gasteiger partial charge >= 0.3 is 0 Å². The minimum absolute atomic E-state index is 0.169. The highest BCUT2D eigenvalue weighted by atomic mass is 14.9. The molecule has 49 heavy (non-hydrogen) atoms. The number of hydrogen-bond donors (Lipinski definition) is 1. The van der Waals surface area contributed by atoms with Gasteiger partial charge in [0.05, 0.1) is 5.41 Å². The first-order valence-electron chi connectivity index (χ1n) is 17.9. The summed E-state index contributed by atoms with van der Waals surface area (Å²) in [6.07, 6.45) is 15.7. The van der Waals surface area contributed by atoms with Crippen molar-refractivity contribution in [3.8, 4) is 22.3 Å². The van der Waals surface area contributed by atoms with E-state index in [0.29, 0.717) is 0 Å². The smallest absolute Gasteiger partial charge is 0.0581 e. The van der Waals surface area contributed by atoms with E-state index in [1.165, 1.54) is 90.0 Å². The number of aryl methyl sites for hydroxylation is 4. The van der Waals surface area contributed by atoms with Gasteiger partial charge in [0.15, 0.2) is 0 Å². The standard InChI is InChI=1S/C25H20.C23H23N/c1-17-7-9-19-15-22-21-10-8-18(2)14-23(21)25(11-5-3-4-6-12-25)24(22)16-20(19)13-17;1-15-3-5-17-13-20-19-6-4-16(2)12-21(19)23(7-9-24-10-8-23)22(20)14-18(17)11-15/h3-16H,1-2H3;3-6,11-14,24H,7-10H2,1-2H3. The van der Waals surface area contributed by atoms with Crippen LogP contribution in [0, 0.1) is 27.7 Å². The van der Waals surface area contributed by atoms with Crippen LogP contribution in [-0.2, 0) is 10.8 Å². The Bertz CT molecular complexity index is 2390. The highest BCUT2D eigenvalue weighted by Gasteiger charge is 2.44. The summed E-state index contributed by atoms with van der Waals surface area (Å²) in [5.41, 5.74) is 16.9. The number of fused-ring (bicyclic) bond motifs is 12. The van der Waals surface area contributed by atoms with Crippen LogP contribution < -0.4 is 5.32 Å². The largest absolute Gasteiger partial charge is 0.317 e. The Morgan fingerprint density at radius 2 is 0.857 bits per heavy atom. The van der Waals surface area contributed by atoms with Crippen LogP contribution >= 0.6 is 0 Å². The van der Waals surface area contributed by atoms with Gasteiger partial charge in [0.1, 0.15) is 0 Å². The lowest BCUT2D eigenvalue weighted by atomic mass is 9.71. The van der Waals surface area contributed by atoms with Gasteiger partial charge in [-0.15, -0.1) is 0 Å². The second-order valence-corrected chi connectivity index (χ2v) is 14.9. The Morgan fingerprint density at radius 1 is 0.408 bits per heavy atom. The van der Waals surface area contributed by atoms with Crippen molar-refractivity contribution in [2.45, 2.75) is 51.4 Å². The van der Waals surface area contributed by atoms with Crippen LogP contribution in [0.4, 0.5) is 0 Å². The fraction of sp³-hybridized carbons (Fsp3) is 0.208. The number of piperidine rings is 1. The van der Waals surface area contributed by atoms with E-state index in [1.54, 1.807) is 11.1 Å². The number of allylic oxidation sites excluding steroid dienone is 6. The number of nitrogens with one attached hydrogen (secondary N) is 1. The molecule has 6 aromatic carbocycles. The van der Waals surface area contributed by atoms with Crippen molar-refractivity contribution in [3.05, 3.63) is 178 Å². The molecule has 2 spiro atoms. The molecule has 0 amide bonds. The highest BCUT2D eigenvalue weighted by Crippen LogP contribution is 2.55. The molecule has 1 heteroatoms. The van der Waals surface area contributed by atoms with Gasteiger partial charge in [0, 0.05) is 5.41 Å². The molecule has 0 aromatic heterocycles. The second-order valence-electron chi connectivity index (χ2n) is 14.9. The average Bonchev–Trinajstić information content (AvgIpc) is 3.33. The first kappa shape index (κ1) is 30.1. The SMILES string of the molecule is Cc1ccc2c(c1)C1(C=CC=CC=C1)c1cc3cc(C)ccc3cc1-2.Cc1ccc2c(c1)C1(CCNCC1)c1cc3cc(C)ccc3cc1-2. The van der Waals surface area contributed by atoms with Gasteiger partial charge in [-0.25, -0.2) is 0 Å². The van der Waals surface area contributed by atoms with Crippen molar-refractivity contribution in [1.29, 1.82) is 0 Å². The lowest BCUT2D eigenvalue weighted by molar-refractivity contribution is 0.369. The molecule has 0 saturated carbocycles. The van der Waals surface area contributed by atoms with Crippen LogP contribution in [-0.4, -0.2) is 13.1 Å². The fourth-order valence-electron chi connectivity index (χ4n) is 9.18. The maximum absolute atomic E-state index is 3.56. The van der Waals surface area contributed by atoms with E-state index < -0.39 is 0 Å². The van der Waals surface area contributed by atoms with Crippen LogP contribution in [0.5, 0.6) is 0 Å². The number of hydrogen-bond acceptors (Lipinski definition) is 1. The van der Waals surface area contributed by atoms with Gasteiger partial charge in [0.2, 0.25) is 0 Å². The molecule has 1 aliphatic heterocycles. The molecule has 6 aromatic rings. The first-order valence-corrected chi connectivity index (χ1v) is 17.9. The third-order valence-electron chi connectivity index (χ3n) is 11.6. The van der Waals surface area contributed by atoms with Crippen LogP contribution in [0.2, 0.25) is 0 Å². The van der Waals surface area contributed by atoms with Gasteiger partial charge in [-0.2, -0.15) is 0 Å². The maximum atomic E-state index is 3.56. The summed E-state index contributed by atoms with van der Waals surface area (Å²) in [7, 11) is 0. The van der Waals surface area contributed by atoms with Crippen molar-refractivity contribution in [2.75, 3.05) is 13.1 Å². The molecule has 4 aliphatic rings. The van der Waals surface area contributed by atoms with Crippen LogP contribution in [0.3, 0.4) is 0 Å². The Balaban J connectivity index is 0.000000133. The first-order chi connectivity index (χ1) is 23.8. The topological polar surface area (TPSA) is 12.0 Å². The van der Waals surface area contributed by atoms with Crippen molar-refractivity contribution in [3.63, 3.8) is 0 Å². The van der Waals surface area contributed by atoms with Gasteiger partial charge < -0.3 is 5.32 Å². The Labute approximate surface area is 290 Å². The summed E-state index contributed by atoms with van der Waals surface area (Å²) in [5, 5.41) is 8.94. The van der Waals surface area contributed by atoms with E-state index in [9.17, 15) is 0 Å². The van der Waals surface area contributed by atoms with Crippen LogP contribution in [0.25, 0.3) is 43.8 Å². The monoisotopic (exact) mass is 633 g/mol. The lowest BCUT2D eigenvalue weighted by Gasteiger charge is -2.36. The summed E-state index contributed by atoms with van der Waals surface area (Å²) < 4.78 is 0. The molecular formula is C48H43N. The summed E-state index contributed by atoms with van der Waals surface area (Å²) in [5.74, 6) is 0. The van der Waals surface area contributed by atoms with Crippen molar-refractivity contribution < 1.29 is 0 Å². The molecule has 3 aliphatic carbocycles. The molecule has 0 unspecified atom stereocenters. The zero-order chi connectivity index (χ0) is 33.3. The zero-order valence-electron chi connectivity index (χ0n) is 29.0. The van der Waals surface area contributed by atoms with Crippen LogP contribution in [0.15, 0.2) is 134 Å². The van der Waals surface area contributed by atoms with Crippen molar-refractivity contribution in [2.24, 2.45) is 0 Å². The van der Waals surface area contributed by atoms with Gasteiger partial charge in [0.25, 0.3) is 0 Å². The maximum Gasteiger partial charge on any atom is 0.0581 e. The molecule has 0 radical (unpaired) electrons. The predicted molar refractivity (Wildman–Crippen MR) is 209 cm³/mol. The zero-order valence-corrected chi connectivity index (χ0v) is 29.0. The van der Waals surface area contributed by atoms with Crippen molar-refractivity contribution in [1.82, 2.24) is 5.32 Å². The molecule has 0 atom stereocenters. The molecule has 1 saturated heterocycles. The third-order valence-corrected chi connectivity index (χ3v) is 11.6. The molecule has 1 N–H and O–H groups in total. The Kier molecular flexibility index (Phi) is 6.94. The molecule has 1 nitrogen and oxygen atoms in total. The molecular weight excluding hydrogens is 591 g/mol. The predicted octanol–water partition coefficient (Wildman–Crippen LogP) is 11.5. The summed E-state index contributed by atoms with van der Waals surface area (Å²) >= 11 is 0. The molecule has 10 rings (SSSR count). The fourth-order valence-corrected chi connectivity index (χ4v) is 9.18. The van der Waals surface area contributed by atoms with E-state index >= 15 is 0 Å². The van der Waals surface area contributed by atoms with Crippen molar-refractivity contribution >= 4 is 21.5 Å². The van der Waals surface area contributed by atoms with E-state index in [2.05, 4.69) is 167 Å². The quantitative estimate of drug-likeness (QED) is 0.175. The minimum atomic E-state index is -0.169. The Hall–Kier alpha value is -4.98. The van der Waals surface area contributed by atoms with Gasteiger partial charge in [-0.1, -0.05) is 132 Å². The van der Waals surface area contributed by atoms with E-state index in [4.69, 9.17) is 0 Å². The summed E-state index contributed by atoms with van der Waals surface area (Å²) in [6.45, 7) is 11.0. The minimum Gasteiger partial charge on any atom is -0.317 e. The number of benzene rings is 6. The van der Waals surface area contributed by atoms with Crippen LogP contribution in [0.1, 0.15) is 57.3 Å². The van der Waals surface area contributed by atoms with E-state index in [-0.39, 0.29) is 10.8 Å². The average molecular weight is 634 g/mol. The summed E-state index contributed by atoms with van der Waals surface area (Å²) in [6, 6.07) is 37.2. The molecule has 1 fully saturated rings.